The van der Waals surface area contributed by atoms with Gasteiger partial charge in [0.05, 0.1) is 5.25 Å². The molecule has 0 N–H and O–H groups in total. The number of hydrogen-bond donors (Lipinski definition) is 0. The Hall–Kier alpha value is -0.580. The maximum absolute atomic E-state index is 11.0. The first-order valence-corrected chi connectivity index (χ1v) is 5.37. The van der Waals surface area contributed by atoms with E-state index < -0.39 is 9.84 Å². The fourth-order valence-electron chi connectivity index (χ4n) is 1.20. The Morgan fingerprint density at radius 1 is 1.55 bits per heavy atom. The van der Waals surface area contributed by atoms with Crippen LogP contribution in [0.2, 0.25) is 0 Å². The SMILES string of the molecule is CS(=O)(=O)C1CCN(C=O)C1. The molecule has 0 spiro atoms. The number of rotatable bonds is 2. The van der Waals surface area contributed by atoms with Gasteiger partial charge in [-0.25, -0.2) is 8.42 Å². The highest BCUT2D eigenvalue weighted by Crippen LogP contribution is 2.13. The summed E-state index contributed by atoms with van der Waals surface area (Å²) in [4.78, 5) is 11.7. The van der Waals surface area contributed by atoms with Crippen LogP contribution >= 0.6 is 0 Å². The lowest BCUT2D eigenvalue weighted by Gasteiger charge is -2.07. The maximum Gasteiger partial charge on any atom is 0.209 e. The van der Waals surface area contributed by atoms with Crippen LogP contribution in [0.25, 0.3) is 0 Å². The minimum absolute atomic E-state index is 0.340. The highest BCUT2D eigenvalue weighted by molar-refractivity contribution is 7.91. The summed E-state index contributed by atoms with van der Waals surface area (Å²) in [6, 6.07) is 0. The van der Waals surface area contributed by atoms with Crippen molar-refractivity contribution in [3.8, 4) is 0 Å². The quantitative estimate of drug-likeness (QED) is 0.522. The summed E-state index contributed by atoms with van der Waals surface area (Å²) < 4.78 is 21.9. The Morgan fingerprint density at radius 2 is 2.18 bits per heavy atom. The van der Waals surface area contributed by atoms with Gasteiger partial charge in [0.25, 0.3) is 0 Å². The second-order valence-corrected chi connectivity index (χ2v) is 5.17. The molecule has 5 heteroatoms. The molecule has 64 valence electrons. The van der Waals surface area contributed by atoms with Crippen LogP contribution in [0.1, 0.15) is 6.42 Å². The Labute approximate surface area is 66.1 Å². The van der Waals surface area contributed by atoms with E-state index in [0.29, 0.717) is 25.9 Å². The topological polar surface area (TPSA) is 54.5 Å². The van der Waals surface area contributed by atoms with Crippen LogP contribution in [0.5, 0.6) is 0 Å². The molecule has 1 aliphatic heterocycles. The molecule has 0 aromatic rings. The van der Waals surface area contributed by atoms with Crippen molar-refractivity contribution in [1.29, 1.82) is 0 Å². The second-order valence-electron chi connectivity index (χ2n) is 2.84. The first kappa shape index (κ1) is 8.52. The summed E-state index contributed by atoms with van der Waals surface area (Å²) >= 11 is 0. The number of amides is 1. The Kier molecular flexibility index (Phi) is 2.17. The van der Waals surface area contributed by atoms with E-state index in [9.17, 15) is 13.2 Å². The third-order valence-corrected chi connectivity index (χ3v) is 3.53. The van der Waals surface area contributed by atoms with Crippen molar-refractivity contribution in [3.63, 3.8) is 0 Å². The molecule has 1 amide bonds. The molecule has 0 saturated carbocycles. The van der Waals surface area contributed by atoms with E-state index in [-0.39, 0.29) is 5.25 Å². The van der Waals surface area contributed by atoms with E-state index in [0.717, 1.165) is 0 Å². The molecule has 1 aliphatic rings. The Morgan fingerprint density at radius 3 is 2.45 bits per heavy atom. The molecular weight excluding hydrogens is 166 g/mol. The Balaban J connectivity index is 2.62. The third-order valence-electron chi connectivity index (χ3n) is 1.93. The zero-order valence-corrected chi connectivity index (χ0v) is 7.17. The van der Waals surface area contributed by atoms with Gasteiger partial charge in [-0.15, -0.1) is 0 Å². The van der Waals surface area contributed by atoms with E-state index in [4.69, 9.17) is 0 Å². The van der Waals surface area contributed by atoms with Crippen LogP contribution in [-0.2, 0) is 14.6 Å². The van der Waals surface area contributed by atoms with Gasteiger partial charge in [0.2, 0.25) is 6.41 Å². The average molecular weight is 177 g/mol. The van der Waals surface area contributed by atoms with Gasteiger partial charge < -0.3 is 4.90 Å². The third kappa shape index (κ3) is 1.92. The van der Waals surface area contributed by atoms with E-state index >= 15 is 0 Å². The number of carbonyl (C=O) groups is 1. The predicted molar refractivity (Wildman–Crippen MR) is 40.9 cm³/mol. The fourth-order valence-corrected chi connectivity index (χ4v) is 2.19. The molecular formula is C6H11NO3S. The van der Waals surface area contributed by atoms with Crippen LogP contribution in [0.3, 0.4) is 0 Å². The number of hydrogen-bond acceptors (Lipinski definition) is 3. The van der Waals surface area contributed by atoms with Crippen molar-refractivity contribution in [2.45, 2.75) is 11.7 Å². The summed E-state index contributed by atoms with van der Waals surface area (Å²) in [5, 5.41) is -0.340. The van der Waals surface area contributed by atoms with Gasteiger partial charge in [0.15, 0.2) is 9.84 Å². The van der Waals surface area contributed by atoms with Gasteiger partial charge in [0, 0.05) is 19.3 Å². The minimum atomic E-state index is -2.95. The van der Waals surface area contributed by atoms with Crippen molar-refractivity contribution in [2.24, 2.45) is 0 Å². The van der Waals surface area contributed by atoms with E-state index in [1.54, 1.807) is 0 Å². The lowest BCUT2D eigenvalue weighted by atomic mass is 10.4. The van der Waals surface area contributed by atoms with Gasteiger partial charge in [0.1, 0.15) is 0 Å². The number of sulfone groups is 1. The molecule has 0 aliphatic carbocycles. The highest BCUT2D eigenvalue weighted by Gasteiger charge is 2.28. The summed E-state index contributed by atoms with van der Waals surface area (Å²) in [6.07, 6.45) is 2.49. The fraction of sp³-hybridized carbons (Fsp3) is 0.833. The van der Waals surface area contributed by atoms with Crippen LogP contribution < -0.4 is 0 Å². The first-order valence-electron chi connectivity index (χ1n) is 3.42. The molecule has 0 aromatic heterocycles. The molecule has 4 nitrogen and oxygen atoms in total. The zero-order chi connectivity index (χ0) is 8.48. The summed E-state index contributed by atoms with van der Waals surface area (Å²) in [5.74, 6) is 0. The molecule has 0 bridgehead atoms. The van der Waals surface area contributed by atoms with Gasteiger partial charge >= 0.3 is 0 Å². The smallest absolute Gasteiger partial charge is 0.209 e. The lowest BCUT2D eigenvalue weighted by Crippen LogP contribution is -2.25. The molecule has 1 unspecified atom stereocenters. The highest BCUT2D eigenvalue weighted by atomic mass is 32.2. The van der Waals surface area contributed by atoms with Crippen LogP contribution in [-0.4, -0.2) is 44.3 Å². The van der Waals surface area contributed by atoms with Gasteiger partial charge in [-0.05, 0) is 6.42 Å². The molecule has 1 fully saturated rings. The van der Waals surface area contributed by atoms with Gasteiger partial charge in [-0.1, -0.05) is 0 Å². The molecule has 11 heavy (non-hydrogen) atoms. The maximum atomic E-state index is 11.0. The van der Waals surface area contributed by atoms with Gasteiger partial charge in [-0.2, -0.15) is 0 Å². The monoisotopic (exact) mass is 177 g/mol. The van der Waals surface area contributed by atoms with Crippen molar-refractivity contribution >= 4 is 16.2 Å². The normalized spacial score (nSPS) is 25.5. The van der Waals surface area contributed by atoms with Crippen molar-refractivity contribution in [1.82, 2.24) is 4.90 Å². The largest absolute Gasteiger partial charge is 0.344 e. The van der Waals surface area contributed by atoms with Crippen molar-refractivity contribution in [3.05, 3.63) is 0 Å². The van der Waals surface area contributed by atoms with Crippen LogP contribution in [0, 0.1) is 0 Å². The average Bonchev–Trinajstić information content (AvgIpc) is 2.32. The van der Waals surface area contributed by atoms with E-state index in [1.807, 2.05) is 0 Å². The van der Waals surface area contributed by atoms with Gasteiger partial charge in [-0.3, -0.25) is 4.79 Å². The molecule has 0 radical (unpaired) electrons. The summed E-state index contributed by atoms with van der Waals surface area (Å²) in [5.41, 5.74) is 0. The summed E-state index contributed by atoms with van der Waals surface area (Å²) in [6.45, 7) is 0.934. The van der Waals surface area contributed by atoms with Crippen LogP contribution in [0.4, 0.5) is 0 Å². The number of carbonyl (C=O) groups excluding carboxylic acids is 1. The second kappa shape index (κ2) is 2.81. The standard InChI is InChI=1S/C6H11NO3S/c1-11(9,10)6-2-3-7(4-6)5-8/h5-6H,2-4H2,1H3. The van der Waals surface area contributed by atoms with E-state index in [2.05, 4.69) is 0 Å². The first-order chi connectivity index (χ1) is 5.04. The van der Waals surface area contributed by atoms with Crippen molar-refractivity contribution in [2.75, 3.05) is 19.3 Å². The number of nitrogens with zero attached hydrogens (tertiary/aromatic N) is 1. The molecule has 0 aromatic carbocycles. The lowest BCUT2D eigenvalue weighted by molar-refractivity contribution is -0.117. The predicted octanol–water partition coefficient (Wildman–Crippen LogP) is -0.738. The Bertz CT molecular complexity index is 247. The van der Waals surface area contributed by atoms with E-state index in [1.165, 1.54) is 11.2 Å². The zero-order valence-electron chi connectivity index (χ0n) is 6.36. The molecule has 1 rings (SSSR count). The molecule has 1 heterocycles. The molecule has 1 atom stereocenters. The molecule has 1 saturated heterocycles. The number of likely N-dealkylation sites (tertiary alicyclic amines) is 1. The van der Waals surface area contributed by atoms with Crippen molar-refractivity contribution < 1.29 is 13.2 Å². The minimum Gasteiger partial charge on any atom is -0.344 e. The summed E-state index contributed by atoms with van der Waals surface area (Å²) in [7, 11) is -2.95. The van der Waals surface area contributed by atoms with Crippen LogP contribution in [0.15, 0.2) is 0 Å².